The van der Waals surface area contributed by atoms with Crippen LogP contribution in [0.15, 0.2) is 48.8 Å². The first-order valence-electron chi connectivity index (χ1n) is 10.7. The molecule has 6 rings (SSSR count). The van der Waals surface area contributed by atoms with E-state index in [9.17, 15) is 0 Å². The van der Waals surface area contributed by atoms with E-state index < -0.39 is 0 Å². The molecule has 0 aliphatic carbocycles. The van der Waals surface area contributed by atoms with Crippen molar-refractivity contribution in [2.24, 2.45) is 0 Å². The van der Waals surface area contributed by atoms with Gasteiger partial charge in [0.25, 0.3) is 0 Å². The van der Waals surface area contributed by atoms with Crippen LogP contribution in [0.5, 0.6) is 0 Å². The van der Waals surface area contributed by atoms with Crippen LogP contribution in [0, 0.1) is 6.92 Å². The molecule has 2 aliphatic rings. The highest BCUT2D eigenvalue weighted by Crippen LogP contribution is 2.33. The number of hydrogen-bond acceptors (Lipinski definition) is 8. The number of anilines is 3. The summed E-state index contributed by atoms with van der Waals surface area (Å²) in [4.78, 5) is 21.1. The molecular formula is C23H23N7S. The van der Waals surface area contributed by atoms with E-state index in [1.54, 1.807) is 11.3 Å². The molecule has 0 aromatic carbocycles. The second kappa shape index (κ2) is 7.55. The highest BCUT2D eigenvalue weighted by Gasteiger charge is 2.37. The average Bonchev–Trinajstić information content (AvgIpc) is 3.49. The van der Waals surface area contributed by atoms with Gasteiger partial charge in [-0.25, -0.2) is 15.0 Å². The Labute approximate surface area is 184 Å². The van der Waals surface area contributed by atoms with Gasteiger partial charge in [-0.1, -0.05) is 12.1 Å². The van der Waals surface area contributed by atoms with Crippen molar-refractivity contribution in [3.05, 3.63) is 54.4 Å². The molecule has 156 valence electrons. The first-order chi connectivity index (χ1) is 15.2. The van der Waals surface area contributed by atoms with Crippen LogP contribution in [0.25, 0.3) is 20.9 Å². The fraction of sp³-hybridized carbons (Fsp3) is 0.304. The number of aromatic nitrogens is 4. The van der Waals surface area contributed by atoms with Crippen molar-refractivity contribution >= 4 is 39.0 Å². The molecular weight excluding hydrogens is 406 g/mol. The van der Waals surface area contributed by atoms with Gasteiger partial charge in [-0.3, -0.25) is 4.98 Å². The van der Waals surface area contributed by atoms with Crippen LogP contribution in [0.2, 0.25) is 0 Å². The van der Waals surface area contributed by atoms with Crippen LogP contribution in [0.4, 0.5) is 17.5 Å². The van der Waals surface area contributed by atoms with E-state index in [4.69, 9.17) is 9.97 Å². The molecule has 2 N–H and O–H groups in total. The Balaban J connectivity index is 1.26. The van der Waals surface area contributed by atoms with Gasteiger partial charge in [-0.2, -0.15) is 0 Å². The molecule has 31 heavy (non-hydrogen) atoms. The summed E-state index contributed by atoms with van der Waals surface area (Å²) in [6.45, 7) is 4.21. The van der Waals surface area contributed by atoms with Crippen LogP contribution in [0.3, 0.4) is 0 Å². The van der Waals surface area contributed by atoms with Crippen molar-refractivity contribution in [3.63, 3.8) is 0 Å². The van der Waals surface area contributed by atoms with Crippen LogP contribution < -0.4 is 15.5 Å². The molecule has 6 heterocycles. The Hall–Kier alpha value is -3.10. The normalized spacial score (nSPS) is 20.4. The number of thiazole rings is 1. The number of fused-ring (bicyclic) bond motifs is 2. The van der Waals surface area contributed by atoms with Gasteiger partial charge in [0.05, 0.1) is 10.9 Å². The number of rotatable bonds is 4. The third-order valence-corrected chi connectivity index (χ3v) is 7.19. The predicted molar refractivity (Wildman–Crippen MR) is 125 cm³/mol. The van der Waals surface area contributed by atoms with Crippen molar-refractivity contribution in [3.8, 4) is 10.7 Å². The molecule has 8 heteroatoms. The minimum absolute atomic E-state index is 0.558. The van der Waals surface area contributed by atoms with E-state index in [-0.39, 0.29) is 0 Å². The maximum atomic E-state index is 4.88. The standard InChI is InChI=1S/C23H23N7S/c1-14-4-3-9-25-22(14)23-27-16-13-26-20(12-18(16)31-23)28-19-5-2-6-21(29-19)30-11-8-15-17(30)7-10-24-15/h2-6,9,12-13,15,17,24H,7-8,10-11H2,1H3,(H,26,28,29). The van der Waals surface area contributed by atoms with Gasteiger partial charge in [0, 0.05) is 30.9 Å². The molecule has 2 fully saturated rings. The third kappa shape index (κ3) is 3.41. The van der Waals surface area contributed by atoms with Gasteiger partial charge in [0.1, 0.15) is 33.7 Å². The van der Waals surface area contributed by atoms with E-state index in [0.717, 1.165) is 57.0 Å². The zero-order chi connectivity index (χ0) is 20.8. The number of pyridine rings is 3. The van der Waals surface area contributed by atoms with Crippen molar-refractivity contribution in [2.45, 2.75) is 31.8 Å². The van der Waals surface area contributed by atoms with Crippen molar-refractivity contribution in [1.82, 2.24) is 25.3 Å². The summed E-state index contributed by atoms with van der Waals surface area (Å²) in [5, 5.41) is 7.90. The van der Waals surface area contributed by atoms with Gasteiger partial charge in [0.15, 0.2) is 0 Å². The smallest absolute Gasteiger partial charge is 0.143 e. The molecule has 0 radical (unpaired) electrons. The van der Waals surface area contributed by atoms with Gasteiger partial charge < -0.3 is 15.5 Å². The van der Waals surface area contributed by atoms with Crippen molar-refractivity contribution in [2.75, 3.05) is 23.3 Å². The highest BCUT2D eigenvalue weighted by atomic mass is 32.1. The molecule has 4 aromatic rings. The van der Waals surface area contributed by atoms with E-state index in [1.807, 2.05) is 30.6 Å². The van der Waals surface area contributed by atoms with Gasteiger partial charge in [0.2, 0.25) is 0 Å². The minimum Gasteiger partial charge on any atom is -0.352 e. The molecule has 0 spiro atoms. The lowest BCUT2D eigenvalue weighted by molar-refractivity contribution is 0.600. The number of aryl methyl sites for hydroxylation is 1. The van der Waals surface area contributed by atoms with E-state index in [1.165, 1.54) is 12.8 Å². The Morgan fingerprint density at radius 2 is 2.06 bits per heavy atom. The highest BCUT2D eigenvalue weighted by molar-refractivity contribution is 7.21. The lowest BCUT2D eigenvalue weighted by Crippen LogP contribution is -2.34. The maximum Gasteiger partial charge on any atom is 0.143 e. The molecule has 7 nitrogen and oxygen atoms in total. The average molecular weight is 430 g/mol. The molecule has 0 bridgehead atoms. The lowest BCUT2D eigenvalue weighted by Gasteiger charge is -2.24. The second-order valence-corrected chi connectivity index (χ2v) is 9.16. The van der Waals surface area contributed by atoms with E-state index in [2.05, 4.69) is 50.6 Å². The molecule has 2 saturated heterocycles. The summed E-state index contributed by atoms with van der Waals surface area (Å²) in [5.41, 5.74) is 2.93. The molecule has 0 amide bonds. The number of hydrogen-bond donors (Lipinski definition) is 2. The number of nitrogens with zero attached hydrogens (tertiary/aromatic N) is 5. The minimum atomic E-state index is 0.558. The van der Waals surface area contributed by atoms with E-state index >= 15 is 0 Å². The molecule has 2 unspecified atom stereocenters. The molecule has 0 saturated carbocycles. The zero-order valence-electron chi connectivity index (χ0n) is 17.2. The van der Waals surface area contributed by atoms with Gasteiger partial charge >= 0.3 is 0 Å². The number of nitrogens with one attached hydrogen (secondary N) is 2. The van der Waals surface area contributed by atoms with Gasteiger partial charge in [-0.15, -0.1) is 11.3 Å². The quantitative estimate of drug-likeness (QED) is 0.505. The van der Waals surface area contributed by atoms with Gasteiger partial charge in [-0.05, 0) is 50.1 Å². The molecule has 4 aromatic heterocycles. The lowest BCUT2D eigenvalue weighted by atomic mass is 10.1. The first-order valence-corrected chi connectivity index (χ1v) is 11.5. The molecule has 2 atom stereocenters. The topological polar surface area (TPSA) is 78.9 Å². The fourth-order valence-corrected chi connectivity index (χ4v) is 5.68. The van der Waals surface area contributed by atoms with Crippen molar-refractivity contribution in [1.29, 1.82) is 0 Å². The zero-order valence-corrected chi connectivity index (χ0v) is 18.1. The Morgan fingerprint density at radius 3 is 3.00 bits per heavy atom. The predicted octanol–water partition coefficient (Wildman–Crippen LogP) is 4.14. The monoisotopic (exact) mass is 429 g/mol. The molecule has 2 aliphatic heterocycles. The van der Waals surface area contributed by atoms with Crippen LogP contribution in [-0.4, -0.2) is 45.1 Å². The van der Waals surface area contributed by atoms with E-state index in [0.29, 0.717) is 12.1 Å². The summed E-state index contributed by atoms with van der Waals surface area (Å²) in [7, 11) is 0. The summed E-state index contributed by atoms with van der Waals surface area (Å²) < 4.78 is 1.08. The van der Waals surface area contributed by atoms with Crippen molar-refractivity contribution < 1.29 is 0 Å². The summed E-state index contributed by atoms with van der Waals surface area (Å²) in [5.74, 6) is 2.61. The Morgan fingerprint density at radius 1 is 1.10 bits per heavy atom. The summed E-state index contributed by atoms with van der Waals surface area (Å²) >= 11 is 1.63. The maximum absolute atomic E-state index is 4.88. The fourth-order valence-electron chi connectivity index (χ4n) is 4.64. The first kappa shape index (κ1) is 18.7. The summed E-state index contributed by atoms with van der Waals surface area (Å²) in [6, 6.07) is 13.4. The largest absolute Gasteiger partial charge is 0.352 e. The van der Waals surface area contributed by atoms with Crippen LogP contribution >= 0.6 is 11.3 Å². The van der Waals surface area contributed by atoms with Crippen LogP contribution in [0.1, 0.15) is 18.4 Å². The SMILES string of the molecule is Cc1cccnc1-c1nc2cnc(Nc3cccc(N4CCC5NCCC54)n3)cc2s1. The Bertz CT molecular complexity index is 1250. The second-order valence-electron chi connectivity index (χ2n) is 8.13. The Kier molecular flexibility index (Phi) is 4.54. The van der Waals surface area contributed by atoms with Crippen LogP contribution in [-0.2, 0) is 0 Å². The summed E-state index contributed by atoms with van der Waals surface area (Å²) in [6.07, 6.45) is 5.99. The third-order valence-electron chi connectivity index (χ3n) is 6.16.